The lowest BCUT2D eigenvalue weighted by Crippen LogP contribution is -2.21. The van der Waals surface area contributed by atoms with Crippen molar-refractivity contribution in [2.24, 2.45) is 0 Å². The van der Waals surface area contributed by atoms with E-state index >= 15 is 0 Å². The van der Waals surface area contributed by atoms with Gasteiger partial charge in [0.15, 0.2) is 5.75 Å². The molecule has 0 saturated carbocycles. The quantitative estimate of drug-likeness (QED) is 0.227. The van der Waals surface area contributed by atoms with Crippen molar-refractivity contribution >= 4 is 18.1 Å². The van der Waals surface area contributed by atoms with Crippen molar-refractivity contribution in [3.05, 3.63) is 118 Å². The number of ether oxygens (including phenoxy) is 1. The van der Waals surface area contributed by atoms with Crippen LogP contribution in [-0.4, -0.2) is 21.0 Å². The van der Waals surface area contributed by atoms with Crippen molar-refractivity contribution in [1.82, 2.24) is 15.0 Å². The van der Waals surface area contributed by atoms with E-state index < -0.39 is 5.92 Å². The van der Waals surface area contributed by atoms with Gasteiger partial charge in [0.1, 0.15) is 23.0 Å². The molecular weight excluding hydrogens is 398 g/mol. The van der Waals surface area contributed by atoms with E-state index in [1.165, 1.54) is 4.80 Å². The molecule has 1 heterocycles. The molecule has 0 amide bonds. The molecule has 32 heavy (non-hydrogen) atoms. The summed E-state index contributed by atoms with van der Waals surface area (Å²) >= 11 is 0. The van der Waals surface area contributed by atoms with Crippen LogP contribution in [-0.2, 0) is 4.79 Å². The smallest absolute Gasteiger partial charge is 0.323 e. The minimum Gasteiger partial charge on any atom is -0.423 e. The first-order valence-corrected chi connectivity index (χ1v) is 10.3. The van der Waals surface area contributed by atoms with Gasteiger partial charge in [0.25, 0.3) is 0 Å². The third-order valence-corrected chi connectivity index (χ3v) is 5.21. The summed E-state index contributed by atoms with van der Waals surface area (Å²) in [5, 5.41) is 9.03. The largest absolute Gasteiger partial charge is 0.423 e. The second-order valence-electron chi connectivity index (χ2n) is 7.48. The average Bonchev–Trinajstić information content (AvgIpc) is 3.26. The van der Waals surface area contributed by atoms with Crippen LogP contribution in [0.15, 0.2) is 90.3 Å². The summed E-state index contributed by atoms with van der Waals surface area (Å²) in [4.78, 5) is 15.0. The predicted octanol–water partition coefficient (Wildman–Crippen LogP) is 5.11. The molecule has 0 atom stereocenters. The van der Waals surface area contributed by atoms with Gasteiger partial charge in [-0.2, -0.15) is 0 Å². The molecule has 0 N–H and O–H groups in total. The van der Waals surface area contributed by atoms with E-state index in [4.69, 9.17) is 4.74 Å². The molecular formula is C27H19N3O2. The third-order valence-electron chi connectivity index (χ3n) is 5.21. The van der Waals surface area contributed by atoms with E-state index in [2.05, 4.69) is 21.7 Å². The highest BCUT2D eigenvalue weighted by atomic mass is 16.5. The Morgan fingerprint density at radius 1 is 0.844 bits per heavy atom. The number of esters is 1. The Hall–Kier alpha value is -4.43. The van der Waals surface area contributed by atoms with Crippen LogP contribution in [0.2, 0.25) is 0 Å². The lowest BCUT2D eigenvalue weighted by molar-refractivity contribution is -0.135. The van der Waals surface area contributed by atoms with Gasteiger partial charge in [-0.05, 0) is 35.7 Å². The molecule has 0 unspecified atom stereocenters. The normalized spacial score (nSPS) is 11.6. The van der Waals surface area contributed by atoms with E-state index in [1.807, 2.05) is 79.7 Å². The SMILES string of the molecule is Cc1ccc(OC(=O)C(c2ccccc2)c2ccccc2)c(-n2nc3c(n2)C=C=C=C3)c1. The Morgan fingerprint density at radius 2 is 1.41 bits per heavy atom. The van der Waals surface area contributed by atoms with Crippen molar-refractivity contribution in [1.29, 1.82) is 0 Å². The van der Waals surface area contributed by atoms with Crippen molar-refractivity contribution in [2.75, 3.05) is 0 Å². The van der Waals surface area contributed by atoms with E-state index in [0.717, 1.165) is 16.7 Å². The number of hydrogen-bond acceptors (Lipinski definition) is 4. The van der Waals surface area contributed by atoms with Crippen LogP contribution in [0.5, 0.6) is 5.75 Å². The summed E-state index contributed by atoms with van der Waals surface area (Å²) in [6.07, 6.45) is 3.45. The van der Waals surface area contributed by atoms with E-state index in [9.17, 15) is 4.79 Å². The van der Waals surface area contributed by atoms with Crippen LogP contribution in [0, 0.1) is 6.92 Å². The topological polar surface area (TPSA) is 57.0 Å². The number of benzene rings is 3. The second kappa shape index (κ2) is 8.37. The highest BCUT2D eigenvalue weighted by Crippen LogP contribution is 2.30. The summed E-state index contributed by atoms with van der Waals surface area (Å²) in [5.74, 6) is -0.531. The molecule has 5 nitrogen and oxygen atoms in total. The van der Waals surface area contributed by atoms with Gasteiger partial charge in [-0.25, -0.2) is 0 Å². The molecule has 5 rings (SSSR count). The fourth-order valence-electron chi connectivity index (χ4n) is 3.66. The standard InChI is InChI=1S/C27H19N3O2/c1-19-16-17-25(24(18-19)30-28-22-14-8-9-15-23(22)29-30)32-27(31)26(20-10-4-2-5-11-20)21-12-6-3-7-13-21/h2-7,10-18,26H,1H3. The molecule has 1 aromatic heterocycles. The van der Waals surface area contributed by atoms with Gasteiger partial charge in [-0.3, -0.25) is 4.79 Å². The van der Waals surface area contributed by atoms with Crippen LogP contribution in [0.3, 0.4) is 0 Å². The summed E-state index contributed by atoms with van der Waals surface area (Å²) in [7, 11) is 0. The molecule has 3 aromatic carbocycles. The van der Waals surface area contributed by atoms with Crippen LogP contribution in [0.4, 0.5) is 0 Å². The molecule has 0 saturated heterocycles. The Balaban J connectivity index is 1.53. The molecule has 0 radical (unpaired) electrons. The van der Waals surface area contributed by atoms with Gasteiger partial charge >= 0.3 is 5.97 Å². The fraction of sp³-hybridized carbons (Fsp3) is 0.0741. The number of aryl methyl sites for hydroxylation is 1. The Morgan fingerprint density at radius 3 is 1.97 bits per heavy atom. The lowest BCUT2D eigenvalue weighted by Gasteiger charge is -2.18. The molecule has 0 bridgehead atoms. The minimum atomic E-state index is -0.555. The number of carbonyl (C=O) groups excluding carboxylic acids is 1. The number of nitrogens with zero attached hydrogens (tertiary/aromatic N) is 3. The van der Waals surface area contributed by atoms with Crippen molar-refractivity contribution < 1.29 is 9.53 Å². The minimum absolute atomic E-state index is 0.370. The van der Waals surface area contributed by atoms with Crippen molar-refractivity contribution in [3.63, 3.8) is 0 Å². The molecule has 1 aliphatic carbocycles. The van der Waals surface area contributed by atoms with Gasteiger partial charge in [-0.15, -0.1) is 15.0 Å². The summed E-state index contributed by atoms with van der Waals surface area (Å²) in [5.41, 5.74) is 10.5. The van der Waals surface area contributed by atoms with E-state index in [1.54, 1.807) is 18.2 Å². The molecule has 4 aromatic rings. The number of carbonyl (C=O) groups is 1. The van der Waals surface area contributed by atoms with E-state index in [-0.39, 0.29) is 5.97 Å². The van der Waals surface area contributed by atoms with Gasteiger partial charge in [0, 0.05) is 12.2 Å². The summed E-state index contributed by atoms with van der Waals surface area (Å²) in [6.45, 7) is 1.97. The average molecular weight is 417 g/mol. The first-order chi connectivity index (χ1) is 15.7. The first kappa shape index (κ1) is 19.5. The molecule has 5 heteroatoms. The number of aromatic nitrogens is 3. The number of fused-ring (bicyclic) bond motifs is 1. The molecule has 154 valence electrons. The molecule has 0 fully saturated rings. The van der Waals surface area contributed by atoms with Gasteiger partial charge in [-0.1, -0.05) is 78.2 Å². The van der Waals surface area contributed by atoms with Crippen LogP contribution >= 0.6 is 0 Å². The maximum absolute atomic E-state index is 13.5. The Kier molecular flexibility index (Phi) is 5.11. The number of rotatable bonds is 5. The monoisotopic (exact) mass is 417 g/mol. The zero-order chi connectivity index (χ0) is 21.9. The van der Waals surface area contributed by atoms with Crippen molar-refractivity contribution in [3.8, 4) is 11.4 Å². The second-order valence-corrected chi connectivity index (χ2v) is 7.48. The van der Waals surface area contributed by atoms with Crippen LogP contribution in [0.1, 0.15) is 34.0 Å². The maximum atomic E-state index is 13.5. The van der Waals surface area contributed by atoms with Gasteiger partial charge < -0.3 is 4.74 Å². The Bertz CT molecular complexity index is 1320. The maximum Gasteiger partial charge on any atom is 0.323 e. The lowest BCUT2D eigenvalue weighted by atomic mass is 9.91. The molecule has 0 spiro atoms. The van der Waals surface area contributed by atoms with Gasteiger partial charge in [0.2, 0.25) is 0 Å². The Labute approximate surface area is 185 Å². The first-order valence-electron chi connectivity index (χ1n) is 10.3. The predicted molar refractivity (Wildman–Crippen MR) is 122 cm³/mol. The zero-order valence-corrected chi connectivity index (χ0v) is 17.4. The summed E-state index contributed by atoms with van der Waals surface area (Å²) < 4.78 is 5.97. The van der Waals surface area contributed by atoms with Crippen molar-refractivity contribution in [2.45, 2.75) is 12.8 Å². The third kappa shape index (κ3) is 3.82. The fourth-order valence-corrected chi connectivity index (χ4v) is 3.66. The number of hydrogen-bond donors (Lipinski definition) is 0. The summed E-state index contributed by atoms with van der Waals surface area (Å²) in [6, 6.07) is 24.9. The van der Waals surface area contributed by atoms with Gasteiger partial charge in [0.05, 0.1) is 0 Å². The highest BCUT2D eigenvalue weighted by molar-refractivity contribution is 5.84. The van der Waals surface area contributed by atoms with E-state index in [0.29, 0.717) is 22.8 Å². The van der Waals surface area contributed by atoms with Crippen LogP contribution < -0.4 is 4.74 Å². The molecule has 1 aliphatic rings. The molecule has 0 aliphatic heterocycles. The highest BCUT2D eigenvalue weighted by Gasteiger charge is 2.26. The van der Waals surface area contributed by atoms with Crippen LogP contribution in [0.25, 0.3) is 17.8 Å². The zero-order valence-electron chi connectivity index (χ0n) is 17.4.